The van der Waals surface area contributed by atoms with Gasteiger partial charge in [-0.15, -0.1) is 0 Å². The molecule has 2 atom stereocenters. The van der Waals surface area contributed by atoms with Crippen molar-refractivity contribution in [3.63, 3.8) is 0 Å². The predicted octanol–water partition coefficient (Wildman–Crippen LogP) is 1.72. The molecule has 0 unspecified atom stereocenters. The van der Waals surface area contributed by atoms with Crippen molar-refractivity contribution in [3.05, 3.63) is 45.6 Å². The third-order valence-corrected chi connectivity index (χ3v) is 5.49. The molecule has 9 heteroatoms. The molecule has 1 N–H and O–H groups in total. The molecule has 1 aliphatic rings. The van der Waals surface area contributed by atoms with Crippen LogP contribution in [0.2, 0.25) is 0 Å². The van der Waals surface area contributed by atoms with Crippen LogP contribution in [-0.4, -0.2) is 48.4 Å². The summed E-state index contributed by atoms with van der Waals surface area (Å²) in [5.41, 5.74) is -0.699. The van der Waals surface area contributed by atoms with E-state index in [9.17, 15) is 24.5 Å². The Labute approximate surface area is 160 Å². The fourth-order valence-corrected chi connectivity index (χ4v) is 4.27. The number of aromatic nitrogens is 1. The van der Waals surface area contributed by atoms with Crippen LogP contribution in [0.5, 0.6) is 0 Å². The lowest BCUT2D eigenvalue weighted by atomic mass is 9.63. The summed E-state index contributed by atoms with van der Waals surface area (Å²) in [7, 11) is 2.28. The van der Waals surface area contributed by atoms with Crippen molar-refractivity contribution in [2.75, 3.05) is 20.8 Å². The van der Waals surface area contributed by atoms with E-state index in [1.54, 1.807) is 24.3 Å². The van der Waals surface area contributed by atoms with Gasteiger partial charge in [0.25, 0.3) is 0 Å². The summed E-state index contributed by atoms with van der Waals surface area (Å²) in [6.45, 7) is 0.800. The number of Topliss-reactive ketones (excluding diaryl/α,β-unsaturated/α-hetero) is 1. The second kappa shape index (κ2) is 7.06. The maximum Gasteiger partial charge on any atom is 0.329 e. The number of nitrogens with one attached hydrogen (secondary N) is 1. The minimum Gasteiger partial charge on any atom is -0.468 e. The number of nitro groups is 1. The molecular weight excluding hydrogens is 368 g/mol. The van der Waals surface area contributed by atoms with Gasteiger partial charge in [-0.25, -0.2) is 0 Å². The molecule has 0 saturated carbocycles. The molecule has 0 fully saturated rings. The Morgan fingerprint density at radius 2 is 1.82 bits per heavy atom. The van der Waals surface area contributed by atoms with E-state index in [0.717, 1.165) is 14.2 Å². The fourth-order valence-electron chi connectivity index (χ4n) is 4.27. The topological polar surface area (TPSA) is 129 Å². The number of aromatic amines is 1. The number of esters is 2. The summed E-state index contributed by atoms with van der Waals surface area (Å²) in [6, 6.07) is 6.97. The van der Waals surface area contributed by atoms with Crippen LogP contribution < -0.4 is 0 Å². The first-order valence-electron chi connectivity index (χ1n) is 8.68. The van der Waals surface area contributed by atoms with Crippen molar-refractivity contribution in [2.45, 2.75) is 24.7 Å². The van der Waals surface area contributed by atoms with Gasteiger partial charge in [0, 0.05) is 27.4 Å². The van der Waals surface area contributed by atoms with Gasteiger partial charge in [0.05, 0.1) is 20.1 Å². The largest absolute Gasteiger partial charge is 0.468 e. The van der Waals surface area contributed by atoms with Crippen LogP contribution in [0.1, 0.15) is 30.5 Å². The molecule has 0 saturated heterocycles. The van der Waals surface area contributed by atoms with E-state index in [1.807, 2.05) is 0 Å². The van der Waals surface area contributed by atoms with E-state index >= 15 is 0 Å². The number of para-hydroxylation sites is 1. The third-order valence-electron chi connectivity index (χ3n) is 5.49. The summed E-state index contributed by atoms with van der Waals surface area (Å²) in [5, 5.41) is 12.0. The lowest BCUT2D eigenvalue weighted by Gasteiger charge is -2.38. The van der Waals surface area contributed by atoms with Crippen molar-refractivity contribution in [3.8, 4) is 0 Å². The normalized spacial score (nSPS) is 20.2. The average molecular weight is 388 g/mol. The molecule has 9 nitrogen and oxygen atoms in total. The second-order valence-corrected chi connectivity index (χ2v) is 6.89. The zero-order chi connectivity index (χ0) is 20.6. The first kappa shape index (κ1) is 19.5. The monoisotopic (exact) mass is 388 g/mol. The molecule has 1 aromatic carbocycles. The van der Waals surface area contributed by atoms with Gasteiger partial charge in [-0.2, -0.15) is 0 Å². The SMILES string of the molecule is COC(=O)C1(C(=O)OC)C[C@H](C(C)=O)[C@@H](C[N+](=O)[O-])c2c1[nH]c1ccccc21. The van der Waals surface area contributed by atoms with Gasteiger partial charge >= 0.3 is 11.9 Å². The molecular formula is C19H20N2O7. The Hall–Kier alpha value is -3.23. The molecule has 3 rings (SSSR count). The highest BCUT2D eigenvalue weighted by molar-refractivity contribution is 6.09. The van der Waals surface area contributed by atoms with Gasteiger partial charge in [-0.1, -0.05) is 18.2 Å². The summed E-state index contributed by atoms with van der Waals surface area (Å²) >= 11 is 0. The Kier molecular flexibility index (Phi) is 4.93. The number of carbonyl (C=O) groups excluding carboxylic acids is 3. The van der Waals surface area contributed by atoms with Gasteiger partial charge < -0.3 is 14.5 Å². The van der Waals surface area contributed by atoms with E-state index in [-0.39, 0.29) is 17.9 Å². The van der Waals surface area contributed by atoms with Crippen LogP contribution in [0.4, 0.5) is 0 Å². The van der Waals surface area contributed by atoms with Crippen LogP contribution in [0.25, 0.3) is 10.9 Å². The molecule has 1 aromatic heterocycles. The number of carbonyl (C=O) groups is 3. The first-order chi connectivity index (χ1) is 13.3. The zero-order valence-electron chi connectivity index (χ0n) is 15.7. The van der Waals surface area contributed by atoms with E-state index in [0.29, 0.717) is 16.5 Å². The van der Waals surface area contributed by atoms with Crippen molar-refractivity contribution in [1.82, 2.24) is 4.98 Å². The Balaban J connectivity index is 2.42. The van der Waals surface area contributed by atoms with Crippen LogP contribution in [-0.2, 0) is 29.3 Å². The molecule has 0 radical (unpaired) electrons. The Morgan fingerprint density at radius 3 is 2.36 bits per heavy atom. The number of H-pyrrole nitrogens is 1. The Morgan fingerprint density at radius 1 is 1.21 bits per heavy atom. The van der Waals surface area contributed by atoms with Crippen LogP contribution in [0.3, 0.4) is 0 Å². The standard InChI is InChI=1S/C19H20N2O7/c1-10(22)12-8-19(17(23)27-2,18(24)28-3)16-15(13(12)9-21(25)26)11-6-4-5-7-14(11)20-16/h4-7,12-13,20H,8-9H2,1-3H3/t12-,13-/m1/s1. The maximum atomic E-state index is 12.8. The second-order valence-electron chi connectivity index (χ2n) is 6.89. The number of rotatable bonds is 5. The highest BCUT2D eigenvalue weighted by atomic mass is 16.6. The smallest absolute Gasteiger partial charge is 0.329 e. The third kappa shape index (κ3) is 2.74. The summed E-state index contributed by atoms with van der Waals surface area (Å²) in [6.07, 6.45) is -0.264. The number of methoxy groups -OCH3 is 2. The summed E-state index contributed by atoms with van der Waals surface area (Å²) < 4.78 is 9.82. The molecule has 0 aliphatic heterocycles. The number of nitrogens with zero attached hydrogens (tertiary/aromatic N) is 1. The van der Waals surface area contributed by atoms with E-state index in [4.69, 9.17) is 9.47 Å². The molecule has 1 heterocycles. The van der Waals surface area contributed by atoms with Gasteiger partial charge in [-0.05, 0) is 25.0 Å². The van der Waals surface area contributed by atoms with Crippen LogP contribution in [0, 0.1) is 16.0 Å². The summed E-state index contributed by atoms with van der Waals surface area (Å²) in [5.74, 6) is -3.81. The first-order valence-corrected chi connectivity index (χ1v) is 8.68. The predicted molar refractivity (Wildman–Crippen MR) is 97.4 cm³/mol. The molecule has 28 heavy (non-hydrogen) atoms. The molecule has 148 valence electrons. The highest BCUT2D eigenvalue weighted by Crippen LogP contribution is 2.50. The molecule has 2 aromatic rings. The van der Waals surface area contributed by atoms with Gasteiger partial charge in [0.2, 0.25) is 12.0 Å². The minimum absolute atomic E-state index is 0.191. The number of fused-ring (bicyclic) bond motifs is 3. The van der Waals surface area contributed by atoms with E-state index in [2.05, 4.69) is 4.98 Å². The Bertz CT molecular complexity index is 962. The van der Waals surface area contributed by atoms with Crippen molar-refractivity contribution >= 4 is 28.6 Å². The lowest BCUT2D eigenvalue weighted by Crippen LogP contribution is -2.52. The molecule has 0 bridgehead atoms. The number of hydrogen-bond acceptors (Lipinski definition) is 7. The maximum absolute atomic E-state index is 12.8. The number of benzene rings is 1. The molecule has 0 amide bonds. The quantitative estimate of drug-likeness (QED) is 0.357. The van der Waals surface area contributed by atoms with E-state index < -0.39 is 40.7 Å². The summed E-state index contributed by atoms with van der Waals surface area (Å²) in [4.78, 5) is 52.0. The number of hydrogen-bond donors (Lipinski definition) is 1. The van der Waals surface area contributed by atoms with Crippen molar-refractivity contribution < 1.29 is 28.8 Å². The van der Waals surface area contributed by atoms with Crippen LogP contribution in [0.15, 0.2) is 24.3 Å². The lowest BCUT2D eigenvalue weighted by molar-refractivity contribution is -0.484. The number of ether oxygens (including phenoxy) is 2. The fraction of sp³-hybridized carbons (Fsp3) is 0.421. The van der Waals surface area contributed by atoms with Gasteiger partial charge in [0.15, 0.2) is 0 Å². The van der Waals surface area contributed by atoms with E-state index in [1.165, 1.54) is 6.92 Å². The van der Waals surface area contributed by atoms with Crippen molar-refractivity contribution in [2.24, 2.45) is 5.92 Å². The van der Waals surface area contributed by atoms with Gasteiger partial charge in [0.1, 0.15) is 5.78 Å². The zero-order valence-corrected chi connectivity index (χ0v) is 15.7. The average Bonchev–Trinajstić information content (AvgIpc) is 3.06. The van der Waals surface area contributed by atoms with Crippen LogP contribution >= 0.6 is 0 Å². The van der Waals surface area contributed by atoms with Crippen molar-refractivity contribution in [1.29, 1.82) is 0 Å². The van der Waals surface area contributed by atoms with Gasteiger partial charge in [-0.3, -0.25) is 24.5 Å². The minimum atomic E-state index is -1.90. The molecule has 1 aliphatic carbocycles. The highest BCUT2D eigenvalue weighted by Gasteiger charge is 2.60. The molecule has 0 spiro atoms. The number of ketones is 1.